The van der Waals surface area contributed by atoms with Crippen molar-refractivity contribution >= 4 is 22.8 Å². The normalized spacial score (nSPS) is 10.8. The topological polar surface area (TPSA) is 129 Å². The summed E-state index contributed by atoms with van der Waals surface area (Å²) >= 11 is 0. The predicted octanol–water partition coefficient (Wildman–Crippen LogP) is 2.38. The molecule has 0 bridgehead atoms. The first-order valence-electron chi connectivity index (χ1n) is 9.37. The molecular weight excluding hydrogens is 370 g/mol. The summed E-state index contributed by atoms with van der Waals surface area (Å²) < 4.78 is 11.1. The largest absolute Gasteiger partial charge is 0.493 e. The van der Waals surface area contributed by atoms with Crippen LogP contribution in [0.15, 0.2) is 47.6 Å². The van der Waals surface area contributed by atoms with Gasteiger partial charge in [-0.1, -0.05) is 24.3 Å². The van der Waals surface area contributed by atoms with Crippen LogP contribution in [-0.4, -0.2) is 42.4 Å². The molecule has 0 aliphatic rings. The maximum Gasteiger partial charge on any atom is 0.249 e. The predicted molar refractivity (Wildman–Crippen MR) is 113 cm³/mol. The molecule has 8 heteroatoms. The fourth-order valence-electron chi connectivity index (χ4n) is 3.02. The first-order valence-corrected chi connectivity index (χ1v) is 9.37. The summed E-state index contributed by atoms with van der Waals surface area (Å²) in [7, 11) is 1.67. The Hall–Kier alpha value is -3.39. The van der Waals surface area contributed by atoms with Crippen LogP contribution >= 0.6 is 0 Å². The lowest BCUT2D eigenvalue weighted by atomic mass is 10.00. The number of rotatable bonds is 9. The quantitative estimate of drug-likeness (QED) is 0.290. The molecule has 3 rings (SSSR count). The van der Waals surface area contributed by atoms with Gasteiger partial charge in [-0.2, -0.15) is 10.1 Å². The fourth-order valence-corrected chi connectivity index (χ4v) is 3.02. The number of aliphatic imine (C=N–C) groups is 1. The second kappa shape index (κ2) is 9.70. The Morgan fingerprint density at radius 2 is 2.03 bits per heavy atom. The van der Waals surface area contributed by atoms with Crippen molar-refractivity contribution in [3.8, 4) is 16.9 Å². The van der Waals surface area contributed by atoms with Crippen molar-refractivity contribution in [2.45, 2.75) is 19.3 Å². The molecule has 0 fully saturated rings. The van der Waals surface area contributed by atoms with Gasteiger partial charge in [0.1, 0.15) is 5.75 Å². The van der Waals surface area contributed by atoms with E-state index in [1.54, 1.807) is 13.3 Å². The molecule has 0 aliphatic heterocycles. The number of carbonyl (C=O) groups is 1. The number of aryl methyl sites for hydroxylation is 1. The van der Waals surface area contributed by atoms with Gasteiger partial charge in [0.2, 0.25) is 5.91 Å². The number of nitrogens with one attached hydrogen (secondary N) is 1. The third-order valence-corrected chi connectivity index (χ3v) is 4.43. The van der Waals surface area contributed by atoms with E-state index in [4.69, 9.17) is 20.9 Å². The zero-order chi connectivity index (χ0) is 20.6. The average Bonchev–Trinajstić information content (AvgIpc) is 3.17. The lowest BCUT2D eigenvalue weighted by molar-refractivity contribution is -0.117. The molecule has 29 heavy (non-hydrogen) atoms. The number of amides is 1. The molecule has 0 saturated heterocycles. The van der Waals surface area contributed by atoms with Gasteiger partial charge < -0.3 is 20.9 Å². The number of nitrogens with two attached hydrogens (primary N) is 2. The van der Waals surface area contributed by atoms with Gasteiger partial charge >= 0.3 is 0 Å². The third-order valence-electron chi connectivity index (χ3n) is 4.43. The number of aromatic nitrogens is 2. The summed E-state index contributed by atoms with van der Waals surface area (Å²) in [6.45, 7) is 1.16. The van der Waals surface area contributed by atoms with E-state index in [0.717, 1.165) is 39.8 Å². The van der Waals surface area contributed by atoms with E-state index in [9.17, 15) is 4.79 Å². The summed E-state index contributed by atoms with van der Waals surface area (Å²) in [6, 6.07) is 12.0. The Morgan fingerprint density at radius 1 is 1.17 bits per heavy atom. The van der Waals surface area contributed by atoms with Gasteiger partial charge in [0, 0.05) is 37.5 Å². The Morgan fingerprint density at radius 3 is 2.83 bits per heavy atom. The van der Waals surface area contributed by atoms with Crippen LogP contribution in [0.25, 0.3) is 22.0 Å². The number of aromatic amines is 1. The van der Waals surface area contributed by atoms with Gasteiger partial charge in [-0.25, -0.2) is 0 Å². The van der Waals surface area contributed by atoms with Crippen LogP contribution in [0.2, 0.25) is 0 Å². The molecule has 0 saturated carbocycles. The monoisotopic (exact) mass is 395 g/mol. The summed E-state index contributed by atoms with van der Waals surface area (Å²) in [5, 5.41) is 8.11. The number of carbonyl (C=O) groups excluding carboxylic acids is 1. The smallest absolute Gasteiger partial charge is 0.249 e. The van der Waals surface area contributed by atoms with Crippen LogP contribution in [-0.2, 0) is 16.0 Å². The van der Waals surface area contributed by atoms with Crippen LogP contribution in [0.4, 0.5) is 0 Å². The van der Waals surface area contributed by atoms with Crippen molar-refractivity contribution in [2.75, 3.05) is 20.3 Å². The van der Waals surface area contributed by atoms with Crippen LogP contribution in [0, 0.1) is 0 Å². The van der Waals surface area contributed by atoms with Crippen molar-refractivity contribution < 1.29 is 14.3 Å². The molecule has 2 aromatic carbocycles. The number of ether oxygens (including phenoxy) is 2. The molecule has 0 unspecified atom stereocenters. The molecule has 1 aromatic heterocycles. The average molecular weight is 395 g/mol. The number of guanidine groups is 1. The van der Waals surface area contributed by atoms with Crippen LogP contribution in [0.3, 0.4) is 0 Å². The summed E-state index contributed by atoms with van der Waals surface area (Å²) in [4.78, 5) is 15.3. The van der Waals surface area contributed by atoms with Crippen molar-refractivity contribution in [1.29, 1.82) is 0 Å². The third kappa shape index (κ3) is 5.55. The van der Waals surface area contributed by atoms with Crippen molar-refractivity contribution in [3.05, 3.63) is 48.2 Å². The number of nitrogens with zero attached hydrogens (tertiary/aromatic N) is 2. The van der Waals surface area contributed by atoms with E-state index in [2.05, 4.69) is 15.2 Å². The molecule has 0 atom stereocenters. The van der Waals surface area contributed by atoms with Gasteiger partial charge in [-0.3, -0.25) is 9.89 Å². The maximum absolute atomic E-state index is 11.7. The minimum Gasteiger partial charge on any atom is -0.493 e. The van der Waals surface area contributed by atoms with E-state index in [-0.39, 0.29) is 18.3 Å². The van der Waals surface area contributed by atoms with Crippen LogP contribution in [0.5, 0.6) is 5.75 Å². The molecule has 0 radical (unpaired) electrons. The van der Waals surface area contributed by atoms with Gasteiger partial charge in [-0.05, 0) is 29.7 Å². The lowest BCUT2D eigenvalue weighted by Crippen LogP contribution is -2.24. The van der Waals surface area contributed by atoms with Crippen molar-refractivity contribution in [1.82, 2.24) is 10.2 Å². The molecule has 3 aromatic rings. The first kappa shape index (κ1) is 20.3. The Balaban J connectivity index is 1.83. The number of hydrogen-bond acceptors (Lipinski definition) is 4. The number of hydrogen-bond donors (Lipinski definition) is 3. The summed E-state index contributed by atoms with van der Waals surface area (Å²) in [5.41, 5.74) is 14.4. The number of benzene rings is 2. The van der Waals surface area contributed by atoms with Gasteiger partial charge in [-0.15, -0.1) is 0 Å². The highest BCUT2D eigenvalue weighted by Gasteiger charge is 2.11. The molecule has 5 N–H and O–H groups in total. The van der Waals surface area contributed by atoms with Crippen LogP contribution < -0.4 is 16.2 Å². The summed E-state index contributed by atoms with van der Waals surface area (Å²) in [5.74, 6) is 0.190. The van der Waals surface area contributed by atoms with E-state index < -0.39 is 0 Å². The minimum absolute atomic E-state index is 0.221. The van der Waals surface area contributed by atoms with Gasteiger partial charge in [0.05, 0.1) is 18.3 Å². The maximum atomic E-state index is 11.7. The van der Waals surface area contributed by atoms with E-state index in [1.807, 2.05) is 36.4 Å². The second-order valence-electron chi connectivity index (χ2n) is 6.63. The van der Waals surface area contributed by atoms with Gasteiger partial charge in [0.25, 0.3) is 0 Å². The molecule has 8 nitrogen and oxygen atoms in total. The molecule has 1 heterocycles. The summed E-state index contributed by atoms with van der Waals surface area (Å²) in [6.07, 6.45) is 3.31. The Bertz CT molecular complexity index is 1010. The molecule has 0 aliphatic carbocycles. The lowest BCUT2D eigenvalue weighted by Gasteiger charge is -2.14. The molecule has 152 valence electrons. The SMILES string of the molecule is COCCCOc1cc(CCC(=O)N=C(N)N)ccc1-c1ccc2cn[nH]c2c1. The first-order chi connectivity index (χ1) is 14.1. The van der Waals surface area contributed by atoms with E-state index in [0.29, 0.717) is 19.6 Å². The number of H-pyrrole nitrogens is 1. The van der Waals surface area contributed by atoms with Crippen molar-refractivity contribution in [3.63, 3.8) is 0 Å². The Labute approximate surface area is 168 Å². The molecule has 1 amide bonds. The highest BCUT2D eigenvalue weighted by Crippen LogP contribution is 2.33. The van der Waals surface area contributed by atoms with E-state index >= 15 is 0 Å². The zero-order valence-corrected chi connectivity index (χ0v) is 16.4. The highest BCUT2D eigenvalue weighted by molar-refractivity contribution is 5.91. The number of methoxy groups -OCH3 is 1. The number of fused-ring (bicyclic) bond motifs is 1. The second-order valence-corrected chi connectivity index (χ2v) is 6.63. The molecular formula is C21H25N5O3. The van der Waals surface area contributed by atoms with Crippen molar-refractivity contribution in [2.24, 2.45) is 16.5 Å². The van der Waals surface area contributed by atoms with E-state index in [1.165, 1.54) is 0 Å². The standard InChI is InChI=1S/C21H25N5O3/c1-28-9-2-10-29-19-11-14(4-8-20(27)25-21(22)23)3-7-17(19)15-5-6-16-13-24-26-18(16)12-15/h3,5-7,11-13H,2,4,8-10H2,1H3,(H,24,26)(H4,22,23,25,27). The highest BCUT2D eigenvalue weighted by atomic mass is 16.5. The fraction of sp³-hybridized carbons (Fsp3) is 0.286. The minimum atomic E-state index is -0.346. The Kier molecular flexibility index (Phi) is 6.80. The zero-order valence-electron chi connectivity index (χ0n) is 16.4. The van der Waals surface area contributed by atoms with Crippen LogP contribution in [0.1, 0.15) is 18.4 Å². The molecule has 0 spiro atoms. The van der Waals surface area contributed by atoms with Gasteiger partial charge in [0.15, 0.2) is 5.96 Å².